The third-order valence-corrected chi connectivity index (χ3v) is 5.06. The number of primary amides is 1. The molecule has 0 fully saturated rings. The van der Waals surface area contributed by atoms with Gasteiger partial charge in [0, 0.05) is 17.3 Å². The summed E-state index contributed by atoms with van der Waals surface area (Å²) in [5, 5.41) is 0. The maximum atomic E-state index is 13.1. The lowest BCUT2D eigenvalue weighted by atomic mass is 9.85. The number of anilines is 1. The third-order valence-electron chi connectivity index (χ3n) is 5.06. The zero-order valence-electron chi connectivity index (χ0n) is 14.9. The second-order valence-electron chi connectivity index (χ2n) is 6.85. The van der Waals surface area contributed by atoms with E-state index in [4.69, 9.17) is 10.2 Å². The molecule has 2 N–H and O–H groups in total. The Morgan fingerprint density at radius 1 is 1.26 bits per heavy atom. The molecule has 4 rings (SSSR count). The van der Waals surface area contributed by atoms with Gasteiger partial charge >= 0.3 is 0 Å². The number of carbonyl (C=O) groups excluding carboxylic acids is 1. The molecule has 0 saturated carbocycles. The highest BCUT2D eigenvalue weighted by Crippen LogP contribution is 2.39. The van der Waals surface area contributed by atoms with Gasteiger partial charge in [-0.3, -0.25) is 4.79 Å². The summed E-state index contributed by atoms with van der Waals surface area (Å²) in [6.45, 7) is 2.54. The second-order valence-corrected chi connectivity index (χ2v) is 6.85. The Morgan fingerprint density at radius 2 is 2.00 bits per heavy atom. The molecule has 5 nitrogen and oxygen atoms in total. The molecule has 6 heteroatoms. The molecule has 0 aliphatic carbocycles. The molecule has 138 valence electrons. The van der Waals surface area contributed by atoms with Crippen molar-refractivity contribution in [2.24, 2.45) is 5.73 Å². The van der Waals surface area contributed by atoms with Gasteiger partial charge in [0.1, 0.15) is 5.82 Å². The van der Waals surface area contributed by atoms with Gasteiger partial charge in [-0.15, -0.1) is 0 Å². The van der Waals surface area contributed by atoms with E-state index in [0.717, 1.165) is 16.8 Å². The highest BCUT2D eigenvalue weighted by atomic mass is 19.1. The summed E-state index contributed by atoms with van der Waals surface area (Å²) < 4.78 is 19.0. The minimum Gasteiger partial charge on any atom is -0.439 e. The average molecular weight is 365 g/mol. The fourth-order valence-corrected chi connectivity index (χ4v) is 3.66. The van der Waals surface area contributed by atoms with Crippen molar-refractivity contribution in [2.45, 2.75) is 31.8 Å². The lowest BCUT2D eigenvalue weighted by Crippen LogP contribution is -2.41. The second kappa shape index (κ2) is 6.87. The molecule has 1 amide bonds. The van der Waals surface area contributed by atoms with E-state index in [2.05, 4.69) is 16.8 Å². The lowest BCUT2D eigenvalue weighted by molar-refractivity contribution is -0.119. The molecule has 2 aromatic carbocycles. The summed E-state index contributed by atoms with van der Waals surface area (Å²) in [7, 11) is 0. The van der Waals surface area contributed by atoms with Gasteiger partial charge < -0.3 is 15.1 Å². The number of benzene rings is 2. The average Bonchev–Trinajstić information content (AvgIpc) is 3.13. The number of nitrogens with two attached hydrogens (primary N) is 1. The van der Waals surface area contributed by atoms with Gasteiger partial charge in [0.15, 0.2) is 5.76 Å². The summed E-state index contributed by atoms with van der Waals surface area (Å²) in [5.41, 5.74) is 8.29. The number of nitrogens with zero attached hydrogens (tertiary/aromatic N) is 2. The van der Waals surface area contributed by atoms with Crippen molar-refractivity contribution in [3.05, 3.63) is 72.0 Å². The van der Waals surface area contributed by atoms with Gasteiger partial charge in [0.25, 0.3) is 0 Å². The molecule has 2 atom stereocenters. The number of rotatable bonds is 4. The first-order valence-electron chi connectivity index (χ1n) is 8.88. The predicted molar refractivity (Wildman–Crippen MR) is 101 cm³/mol. The number of aromatic nitrogens is 1. The molecule has 0 radical (unpaired) electrons. The maximum Gasteiger partial charge on any atom is 0.225 e. The Balaban J connectivity index is 1.62. The maximum absolute atomic E-state index is 13.1. The molecule has 2 heterocycles. The highest BCUT2D eigenvalue weighted by molar-refractivity contribution is 5.85. The Kier molecular flexibility index (Phi) is 4.39. The van der Waals surface area contributed by atoms with Crippen LogP contribution in [0, 0.1) is 5.82 Å². The Labute approximate surface area is 156 Å². The Bertz CT molecular complexity index is 968. The molecule has 1 aliphatic heterocycles. The summed E-state index contributed by atoms with van der Waals surface area (Å²) >= 11 is 0. The first-order chi connectivity index (χ1) is 13.0. The SMILES string of the molecule is C[C@H]1C[C@@H](C(N)=O)c2ccccc2N1Cc1ncc(-c2ccc(F)cc2)o1. The van der Waals surface area contributed by atoms with Crippen LogP contribution in [0.1, 0.15) is 30.7 Å². The molecule has 0 bridgehead atoms. The molecule has 27 heavy (non-hydrogen) atoms. The first kappa shape index (κ1) is 17.3. The monoisotopic (exact) mass is 365 g/mol. The quantitative estimate of drug-likeness (QED) is 0.762. The van der Waals surface area contributed by atoms with Crippen LogP contribution in [0.15, 0.2) is 59.1 Å². The minimum atomic E-state index is -0.302. The first-order valence-corrected chi connectivity index (χ1v) is 8.88. The van der Waals surface area contributed by atoms with Crippen LogP contribution in [-0.2, 0) is 11.3 Å². The number of oxazole rings is 1. The van der Waals surface area contributed by atoms with Crippen LogP contribution in [0.3, 0.4) is 0 Å². The van der Waals surface area contributed by atoms with Crippen molar-refractivity contribution in [3.8, 4) is 11.3 Å². The molecule has 3 aromatic rings. The van der Waals surface area contributed by atoms with E-state index in [1.54, 1.807) is 18.3 Å². The van der Waals surface area contributed by atoms with Crippen molar-refractivity contribution < 1.29 is 13.6 Å². The molecule has 0 spiro atoms. The van der Waals surface area contributed by atoms with E-state index in [-0.39, 0.29) is 23.7 Å². The third kappa shape index (κ3) is 3.30. The van der Waals surface area contributed by atoms with Crippen LogP contribution in [0.5, 0.6) is 0 Å². The number of amides is 1. The summed E-state index contributed by atoms with van der Waals surface area (Å²) in [6, 6.07) is 14.0. The number of carbonyl (C=O) groups is 1. The van der Waals surface area contributed by atoms with Gasteiger partial charge in [-0.1, -0.05) is 18.2 Å². The van der Waals surface area contributed by atoms with E-state index in [1.807, 2.05) is 24.3 Å². The lowest BCUT2D eigenvalue weighted by Gasteiger charge is -2.39. The van der Waals surface area contributed by atoms with E-state index in [1.165, 1.54) is 12.1 Å². The molecular weight excluding hydrogens is 345 g/mol. The number of para-hydroxylation sites is 1. The van der Waals surface area contributed by atoms with Crippen LogP contribution < -0.4 is 10.6 Å². The molecule has 1 aliphatic rings. The number of halogens is 1. The Morgan fingerprint density at radius 3 is 2.74 bits per heavy atom. The fourth-order valence-electron chi connectivity index (χ4n) is 3.66. The van der Waals surface area contributed by atoms with E-state index in [0.29, 0.717) is 24.6 Å². The van der Waals surface area contributed by atoms with E-state index < -0.39 is 0 Å². The largest absolute Gasteiger partial charge is 0.439 e. The van der Waals surface area contributed by atoms with Gasteiger partial charge in [0.05, 0.1) is 18.7 Å². The number of hydrogen-bond acceptors (Lipinski definition) is 4. The van der Waals surface area contributed by atoms with Crippen LogP contribution in [-0.4, -0.2) is 16.9 Å². The van der Waals surface area contributed by atoms with Crippen molar-refractivity contribution >= 4 is 11.6 Å². The standard InChI is InChI=1S/C21H20FN3O2/c1-13-10-17(21(23)26)16-4-2-3-5-18(16)25(13)12-20-24-11-19(27-20)14-6-8-15(22)9-7-14/h2-9,11,13,17H,10,12H2,1H3,(H2,23,26)/t13-,17+/m0/s1. The molecule has 0 saturated heterocycles. The molecule has 0 unspecified atom stereocenters. The van der Waals surface area contributed by atoms with Crippen LogP contribution >= 0.6 is 0 Å². The van der Waals surface area contributed by atoms with Crippen molar-refractivity contribution in [1.82, 2.24) is 4.98 Å². The zero-order chi connectivity index (χ0) is 19.0. The topological polar surface area (TPSA) is 72.4 Å². The van der Waals surface area contributed by atoms with Crippen LogP contribution in [0.4, 0.5) is 10.1 Å². The van der Waals surface area contributed by atoms with Gasteiger partial charge in [-0.05, 0) is 49.2 Å². The predicted octanol–water partition coefficient (Wildman–Crippen LogP) is 3.85. The fraction of sp³-hybridized carbons (Fsp3) is 0.238. The molecular formula is C21H20FN3O2. The summed E-state index contributed by atoms with van der Waals surface area (Å²) in [6.07, 6.45) is 2.30. The number of hydrogen-bond donors (Lipinski definition) is 1. The van der Waals surface area contributed by atoms with Gasteiger partial charge in [-0.2, -0.15) is 0 Å². The van der Waals surface area contributed by atoms with Gasteiger partial charge in [-0.25, -0.2) is 9.37 Å². The normalized spacial score (nSPS) is 19.0. The zero-order valence-corrected chi connectivity index (χ0v) is 14.9. The van der Waals surface area contributed by atoms with Crippen LogP contribution in [0.25, 0.3) is 11.3 Å². The van der Waals surface area contributed by atoms with E-state index in [9.17, 15) is 9.18 Å². The summed E-state index contributed by atoms with van der Waals surface area (Å²) in [4.78, 5) is 18.4. The molecule has 1 aromatic heterocycles. The van der Waals surface area contributed by atoms with Gasteiger partial charge in [0.2, 0.25) is 11.8 Å². The van der Waals surface area contributed by atoms with E-state index >= 15 is 0 Å². The van der Waals surface area contributed by atoms with Crippen LogP contribution in [0.2, 0.25) is 0 Å². The highest BCUT2D eigenvalue weighted by Gasteiger charge is 2.33. The van der Waals surface area contributed by atoms with Crippen molar-refractivity contribution in [2.75, 3.05) is 4.90 Å². The number of fused-ring (bicyclic) bond motifs is 1. The van der Waals surface area contributed by atoms with Crippen molar-refractivity contribution in [1.29, 1.82) is 0 Å². The summed E-state index contributed by atoms with van der Waals surface area (Å²) in [5.74, 6) is 0.281. The minimum absolute atomic E-state index is 0.110. The van der Waals surface area contributed by atoms with Crippen molar-refractivity contribution in [3.63, 3.8) is 0 Å². The smallest absolute Gasteiger partial charge is 0.225 e. The Hall–Kier alpha value is -3.15.